The molecule has 102 valence electrons. The van der Waals surface area contributed by atoms with Crippen LogP contribution in [0.4, 0.5) is 0 Å². The van der Waals surface area contributed by atoms with Crippen molar-refractivity contribution >= 4 is 0 Å². The van der Waals surface area contributed by atoms with Crippen LogP contribution in [-0.2, 0) is 11.8 Å². The van der Waals surface area contributed by atoms with Gasteiger partial charge in [-0.1, -0.05) is 0 Å². The van der Waals surface area contributed by atoms with Crippen molar-refractivity contribution in [1.82, 2.24) is 20.0 Å². The molecule has 0 spiro atoms. The van der Waals surface area contributed by atoms with E-state index >= 15 is 0 Å². The molecule has 2 rings (SSSR count). The van der Waals surface area contributed by atoms with Crippen molar-refractivity contribution in [1.29, 1.82) is 0 Å². The highest BCUT2D eigenvalue weighted by Gasteiger charge is 2.13. The zero-order chi connectivity index (χ0) is 13.0. The molecule has 1 unspecified atom stereocenters. The Bertz CT molecular complexity index is 371. The van der Waals surface area contributed by atoms with Gasteiger partial charge in [-0.05, 0) is 13.8 Å². The van der Waals surface area contributed by atoms with Gasteiger partial charge in [0.05, 0.1) is 18.9 Å². The summed E-state index contributed by atoms with van der Waals surface area (Å²) in [5, 5.41) is 7.94. The Labute approximate surface area is 109 Å². The van der Waals surface area contributed by atoms with Gasteiger partial charge in [-0.2, -0.15) is 5.10 Å². The Morgan fingerprint density at radius 1 is 1.44 bits per heavy atom. The fourth-order valence-corrected chi connectivity index (χ4v) is 2.42. The second-order valence-corrected chi connectivity index (χ2v) is 4.97. The molecule has 1 aromatic heterocycles. The van der Waals surface area contributed by atoms with Crippen molar-refractivity contribution in [2.75, 3.05) is 39.4 Å². The number of aromatic nitrogens is 2. The Balaban J connectivity index is 1.74. The summed E-state index contributed by atoms with van der Waals surface area (Å²) in [4.78, 5) is 2.44. The first-order valence-corrected chi connectivity index (χ1v) is 6.70. The van der Waals surface area contributed by atoms with Crippen molar-refractivity contribution in [2.24, 2.45) is 7.05 Å². The summed E-state index contributed by atoms with van der Waals surface area (Å²) in [5.41, 5.74) is 2.41. The van der Waals surface area contributed by atoms with Crippen molar-refractivity contribution in [3.63, 3.8) is 0 Å². The molecule has 1 atom stereocenters. The van der Waals surface area contributed by atoms with E-state index in [0.29, 0.717) is 6.04 Å². The smallest absolute Gasteiger partial charge is 0.0641 e. The first-order chi connectivity index (χ1) is 8.66. The van der Waals surface area contributed by atoms with Crippen LogP contribution in [0, 0.1) is 6.92 Å². The van der Waals surface area contributed by atoms with Gasteiger partial charge in [0, 0.05) is 51.0 Å². The maximum atomic E-state index is 5.34. The average Bonchev–Trinajstić information content (AvgIpc) is 2.70. The lowest BCUT2D eigenvalue weighted by molar-refractivity contribution is 0.0382. The Morgan fingerprint density at radius 3 is 2.78 bits per heavy atom. The third-order valence-corrected chi connectivity index (χ3v) is 3.50. The van der Waals surface area contributed by atoms with Crippen LogP contribution < -0.4 is 5.32 Å². The summed E-state index contributed by atoms with van der Waals surface area (Å²) in [5.74, 6) is 0. The minimum atomic E-state index is 0.361. The van der Waals surface area contributed by atoms with Gasteiger partial charge in [-0.15, -0.1) is 0 Å². The van der Waals surface area contributed by atoms with Gasteiger partial charge in [0.2, 0.25) is 0 Å². The molecule has 5 heteroatoms. The van der Waals surface area contributed by atoms with Crippen LogP contribution in [0.1, 0.15) is 24.2 Å². The lowest BCUT2D eigenvalue weighted by atomic mass is 10.1. The van der Waals surface area contributed by atoms with E-state index in [4.69, 9.17) is 4.74 Å². The van der Waals surface area contributed by atoms with Crippen molar-refractivity contribution in [3.05, 3.63) is 17.5 Å². The maximum absolute atomic E-state index is 5.34. The zero-order valence-corrected chi connectivity index (χ0v) is 11.6. The summed E-state index contributed by atoms with van der Waals surface area (Å²) in [7, 11) is 1.97. The highest BCUT2D eigenvalue weighted by atomic mass is 16.5. The number of rotatable bonds is 5. The van der Waals surface area contributed by atoms with Gasteiger partial charge >= 0.3 is 0 Å². The van der Waals surface area contributed by atoms with Crippen LogP contribution in [0.25, 0.3) is 0 Å². The molecular weight excluding hydrogens is 228 g/mol. The molecule has 0 radical (unpaired) electrons. The lowest BCUT2D eigenvalue weighted by Gasteiger charge is -2.27. The summed E-state index contributed by atoms with van der Waals surface area (Å²) in [6.07, 6.45) is 2.10. The van der Waals surface area contributed by atoms with Gasteiger partial charge < -0.3 is 10.1 Å². The van der Waals surface area contributed by atoms with E-state index in [1.807, 2.05) is 11.7 Å². The van der Waals surface area contributed by atoms with Gasteiger partial charge in [-0.25, -0.2) is 0 Å². The Hall–Kier alpha value is -0.910. The highest BCUT2D eigenvalue weighted by Crippen LogP contribution is 2.14. The third kappa shape index (κ3) is 3.54. The first-order valence-electron chi connectivity index (χ1n) is 6.70. The number of nitrogens with zero attached hydrogens (tertiary/aromatic N) is 3. The predicted molar refractivity (Wildman–Crippen MR) is 71.6 cm³/mol. The molecule has 1 aliphatic heterocycles. The van der Waals surface area contributed by atoms with Gasteiger partial charge in [-0.3, -0.25) is 9.58 Å². The molecule has 0 aromatic carbocycles. The molecule has 1 aromatic rings. The molecule has 1 N–H and O–H groups in total. The standard InChI is InChI=1S/C13H24N4O/c1-11(13-10-16(3)15-12(13)2)14-4-5-17-6-8-18-9-7-17/h10-11,14H,4-9H2,1-3H3. The van der Waals surface area contributed by atoms with Crippen LogP contribution in [0.2, 0.25) is 0 Å². The highest BCUT2D eigenvalue weighted by molar-refractivity contribution is 5.19. The second-order valence-electron chi connectivity index (χ2n) is 4.97. The molecule has 0 bridgehead atoms. The average molecular weight is 252 g/mol. The molecule has 2 heterocycles. The number of ether oxygens (including phenoxy) is 1. The van der Waals surface area contributed by atoms with E-state index in [2.05, 4.69) is 35.4 Å². The van der Waals surface area contributed by atoms with Crippen molar-refractivity contribution in [3.8, 4) is 0 Å². The molecular formula is C13H24N4O. The summed E-state index contributed by atoms with van der Waals surface area (Å²) in [6.45, 7) is 10.2. The fraction of sp³-hybridized carbons (Fsp3) is 0.769. The number of morpholine rings is 1. The lowest BCUT2D eigenvalue weighted by Crippen LogP contribution is -2.40. The van der Waals surface area contributed by atoms with Crippen molar-refractivity contribution in [2.45, 2.75) is 19.9 Å². The fourth-order valence-electron chi connectivity index (χ4n) is 2.42. The predicted octanol–water partition coefficient (Wildman–Crippen LogP) is 0.711. The monoisotopic (exact) mass is 252 g/mol. The van der Waals surface area contributed by atoms with Crippen LogP contribution >= 0.6 is 0 Å². The Morgan fingerprint density at radius 2 is 2.17 bits per heavy atom. The second kappa shape index (κ2) is 6.31. The number of hydrogen-bond donors (Lipinski definition) is 1. The number of hydrogen-bond acceptors (Lipinski definition) is 4. The van der Waals surface area contributed by atoms with Gasteiger partial charge in [0.1, 0.15) is 0 Å². The minimum Gasteiger partial charge on any atom is -0.379 e. The van der Waals surface area contributed by atoms with E-state index < -0.39 is 0 Å². The largest absolute Gasteiger partial charge is 0.379 e. The van der Waals surface area contributed by atoms with Crippen LogP contribution in [0.3, 0.4) is 0 Å². The molecule has 0 saturated carbocycles. The molecule has 5 nitrogen and oxygen atoms in total. The first kappa shape index (κ1) is 13.5. The van der Waals surface area contributed by atoms with Gasteiger partial charge in [0.25, 0.3) is 0 Å². The molecule has 1 aliphatic rings. The number of aryl methyl sites for hydroxylation is 2. The minimum absolute atomic E-state index is 0.361. The van der Waals surface area contributed by atoms with Crippen LogP contribution in [0.15, 0.2) is 6.20 Å². The third-order valence-electron chi connectivity index (χ3n) is 3.50. The molecule has 1 fully saturated rings. The van der Waals surface area contributed by atoms with Crippen LogP contribution in [-0.4, -0.2) is 54.1 Å². The van der Waals surface area contributed by atoms with E-state index in [0.717, 1.165) is 45.1 Å². The normalized spacial score (nSPS) is 19.1. The van der Waals surface area contributed by atoms with E-state index in [-0.39, 0.29) is 0 Å². The van der Waals surface area contributed by atoms with Gasteiger partial charge in [0.15, 0.2) is 0 Å². The summed E-state index contributed by atoms with van der Waals surface area (Å²) >= 11 is 0. The topological polar surface area (TPSA) is 42.3 Å². The van der Waals surface area contributed by atoms with E-state index in [1.54, 1.807) is 0 Å². The zero-order valence-electron chi connectivity index (χ0n) is 11.6. The SMILES string of the molecule is Cc1nn(C)cc1C(C)NCCN1CCOCC1. The summed E-state index contributed by atoms with van der Waals surface area (Å²) in [6, 6.07) is 0.361. The molecule has 0 aliphatic carbocycles. The molecule has 18 heavy (non-hydrogen) atoms. The maximum Gasteiger partial charge on any atom is 0.0641 e. The van der Waals surface area contributed by atoms with Crippen LogP contribution in [0.5, 0.6) is 0 Å². The van der Waals surface area contributed by atoms with E-state index in [9.17, 15) is 0 Å². The quantitative estimate of drug-likeness (QED) is 0.838. The Kier molecular flexibility index (Phi) is 4.74. The van der Waals surface area contributed by atoms with Crippen molar-refractivity contribution < 1.29 is 4.74 Å². The molecule has 1 saturated heterocycles. The number of nitrogens with one attached hydrogen (secondary N) is 1. The van der Waals surface area contributed by atoms with E-state index in [1.165, 1.54) is 5.56 Å². The summed E-state index contributed by atoms with van der Waals surface area (Å²) < 4.78 is 7.22. The molecule has 0 amide bonds.